The quantitative estimate of drug-likeness (QED) is 0.861. The number of nitrogens with two attached hydrogens (primary N) is 1. The highest BCUT2D eigenvalue weighted by molar-refractivity contribution is 7.92. The summed E-state index contributed by atoms with van der Waals surface area (Å²) < 4.78 is 22.3. The number of hydrogen-bond acceptors (Lipinski definition) is 4. The maximum Gasteiger partial charge on any atom is 0.155 e. The Labute approximate surface area is 129 Å². The molecule has 0 spiro atoms. The average Bonchev–Trinajstić information content (AvgIpc) is 2.33. The minimum absolute atomic E-state index is 0.0953. The van der Waals surface area contributed by atoms with Gasteiger partial charge in [0.25, 0.3) is 0 Å². The van der Waals surface area contributed by atoms with Gasteiger partial charge in [0, 0.05) is 18.7 Å². The van der Waals surface area contributed by atoms with Gasteiger partial charge < -0.3 is 10.8 Å². The Morgan fingerprint density at radius 2 is 1.85 bits per heavy atom. The predicted octanol–water partition coefficient (Wildman–Crippen LogP) is 2.22. The lowest BCUT2D eigenvalue weighted by Gasteiger charge is -2.34. The second-order valence-electron chi connectivity index (χ2n) is 5.34. The van der Waals surface area contributed by atoms with E-state index in [1.807, 2.05) is 0 Å². The monoisotopic (exact) mass is 339 g/mol. The standard InChI is InChI=1S/C13H19Cl2NO3S/c1-13(2,20(3,18)19)12(17)9(7-16)8-4-5-10(14)11(15)6-8/h4-6,9,12,17H,7,16H2,1-3H3. The van der Waals surface area contributed by atoms with Gasteiger partial charge in [-0.1, -0.05) is 29.3 Å². The van der Waals surface area contributed by atoms with Gasteiger partial charge in [-0.15, -0.1) is 0 Å². The van der Waals surface area contributed by atoms with Gasteiger partial charge in [-0.2, -0.15) is 0 Å². The Bertz CT molecular complexity index is 587. The molecule has 0 bridgehead atoms. The van der Waals surface area contributed by atoms with Crippen molar-refractivity contribution in [3.8, 4) is 0 Å². The summed E-state index contributed by atoms with van der Waals surface area (Å²) in [6, 6.07) is 4.89. The molecular weight excluding hydrogens is 321 g/mol. The Morgan fingerprint density at radius 3 is 2.25 bits per heavy atom. The lowest BCUT2D eigenvalue weighted by atomic mass is 9.87. The van der Waals surface area contributed by atoms with E-state index >= 15 is 0 Å². The zero-order chi connectivity index (χ0) is 15.7. The molecule has 0 aliphatic heterocycles. The summed E-state index contributed by atoms with van der Waals surface area (Å²) in [6.07, 6.45) is -0.0571. The summed E-state index contributed by atoms with van der Waals surface area (Å²) in [7, 11) is -3.45. The van der Waals surface area contributed by atoms with Crippen LogP contribution in [0.4, 0.5) is 0 Å². The third kappa shape index (κ3) is 3.46. The molecule has 0 saturated heterocycles. The summed E-state index contributed by atoms with van der Waals surface area (Å²) in [6.45, 7) is 3.05. The Hall–Kier alpha value is -0.330. The van der Waals surface area contributed by atoms with Crippen molar-refractivity contribution >= 4 is 33.0 Å². The van der Waals surface area contributed by atoms with E-state index < -0.39 is 26.6 Å². The smallest absolute Gasteiger partial charge is 0.155 e. The van der Waals surface area contributed by atoms with Crippen LogP contribution in [0.2, 0.25) is 10.0 Å². The van der Waals surface area contributed by atoms with E-state index in [1.54, 1.807) is 18.2 Å². The molecule has 114 valence electrons. The molecule has 0 aromatic heterocycles. The molecule has 1 aromatic carbocycles. The minimum Gasteiger partial charge on any atom is -0.391 e. The van der Waals surface area contributed by atoms with Gasteiger partial charge in [0.15, 0.2) is 9.84 Å². The van der Waals surface area contributed by atoms with Crippen LogP contribution < -0.4 is 5.73 Å². The molecule has 0 aliphatic carbocycles. The topological polar surface area (TPSA) is 80.4 Å². The number of rotatable bonds is 5. The molecule has 0 saturated carbocycles. The lowest BCUT2D eigenvalue weighted by molar-refractivity contribution is 0.110. The van der Waals surface area contributed by atoms with E-state index in [1.165, 1.54) is 13.8 Å². The zero-order valence-electron chi connectivity index (χ0n) is 11.6. The molecule has 20 heavy (non-hydrogen) atoms. The molecule has 1 aromatic rings. The number of benzene rings is 1. The molecule has 1 rings (SSSR count). The minimum atomic E-state index is -3.45. The summed E-state index contributed by atoms with van der Waals surface area (Å²) in [5.41, 5.74) is 6.36. The van der Waals surface area contributed by atoms with E-state index in [2.05, 4.69) is 0 Å². The lowest BCUT2D eigenvalue weighted by Crippen LogP contribution is -2.48. The predicted molar refractivity (Wildman–Crippen MR) is 83.2 cm³/mol. The van der Waals surface area contributed by atoms with Crippen molar-refractivity contribution in [2.75, 3.05) is 12.8 Å². The first-order chi connectivity index (χ1) is 9.02. The van der Waals surface area contributed by atoms with Crippen LogP contribution >= 0.6 is 23.2 Å². The van der Waals surface area contributed by atoms with Gasteiger partial charge in [0.1, 0.15) is 0 Å². The highest BCUT2D eigenvalue weighted by Gasteiger charge is 2.42. The Morgan fingerprint density at radius 1 is 1.30 bits per heavy atom. The molecule has 0 fully saturated rings. The van der Waals surface area contributed by atoms with Crippen LogP contribution in [0.25, 0.3) is 0 Å². The number of sulfone groups is 1. The first-order valence-corrected chi connectivity index (χ1v) is 8.69. The highest BCUT2D eigenvalue weighted by atomic mass is 35.5. The first kappa shape index (κ1) is 17.7. The molecule has 7 heteroatoms. The van der Waals surface area contributed by atoms with E-state index in [0.29, 0.717) is 15.6 Å². The molecule has 0 radical (unpaired) electrons. The zero-order valence-corrected chi connectivity index (χ0v) is 13.9. The fourth-order valence-corrected chi connectivity index (χ4v) is 2.80. The van der Waals surface area contributed by atoms with Gasteiger partial charge in [0.05, 0.1) is 20.9 Å². The second kappa shape index (κ2) is 6.20. The van der Waals surface area contributed by atoms with Crippen LogP contribution in [0, 0.1) is 0 Å². The van der Waals surface area contributed by atoms with Crippen LogP contribution in [0.3, 0.4) is 0 Å². The largest absolute Gasteiger partial charge is 0.391 e. The summed E-state index contributed by atoms with van der Waals surface area (Å²) >= 11 is 11.8. The number of halogens is 2. The molecule has 3 N–H and O–H groups in total. The maximum absolute atomic E-state index is 11.8. The van der Waals surface area contributed by atoms with Crippen molar-refractivity contribution in [1.82, 2.24) is 0 Å². The normalized spacial score (nSPS) is 15.9. The van der Waals surface area contributed by atoms with Gasteiger partial charge in [-0.25, -0.2) is 8.42 Å². The van der Waals surface area contributed by atoms with Crippen molar-refractivity contribution < 1.29 is 13.5 Å². The third-order valence-corrected chi connectivity index (χ3v) is 6.57. The SMILES string of the molecule is CC(C)(C(O)C(CN)c1ccc(Cl)c(Cl)c1)S(C)(=O)=O. The number of hydrogen-bond donors (Lipinski definition) is 2. The van der Waals surface area contributed by atoms with Crippen molar-refractivity contribution in [3.05, 3.63) is 33.8 Å². The fourth-order valence-electron chi connectivity index (χ4n) is 1.89. The molecule has 2 unspecified atom stereocenters. The van der Waals surface area contributed by atoms with E-state index in [4.69, 9.17) is 28.9 Å². The second-order valence-corrected chi connectivity index (χ2v) is 8.75. The first-order valence-electron chi connectivity index (χ1n) is 6.05. The molecule has 4 nitrogen and oxygen atoms in total. The number of aliphatic hydroxyl groups excluding tert-OH is 1. The van der Waals surface area contributed by atoms with E-state index in [0.717, 1.165) is 6.26 Å². The van der Waals surface area contributed by atoms with Crippen LogP contribution in [0.1, 0.15) is 25.3 Å². The molecule has 0 heterocycles. The van der Waals surface area contributed by atoms with Gasteiger partial charge >= 0.3 is 0 Å². The van der Waals surface area contributed by atoms with Crippen molar-refractivity contribution in [2.24, 2.45) is 5.73 Å². The van der Waals surface area contributed by atoms with Crippen LogP contribution in [0.15, 0.2) is 18.2 Å². The van der Waals surface area contributed by atoms with Crippen molar-refractivity contribution in [3.63, 3.8) is 0 Å². The van der Waals surface area contributed by atoms with Gasteiger partial charge in [-0.3, -0.25) is 0 Å². The average molecular weight is 340 g/mol. The Kier molecular flexibility index (Phi) is 5.49. The van der Waals surface area contributed by atoms with Crippen molar-refractivity contribution in [1.29, 1.82) is 0 Å². The fraction of sp³-hybridized carbons (Fsp3) is 0.538. The van der Waals surface area contributed by atoms with Gasteiger partial charge in [-0.05, 0) is 31.5 Å². The van der Waals surface area contributed by atoms with Crippen LogP contribution in [-0.4, -0.2) is 37.2 Å². The Balaban J connectivity index is 3.22. The summed E-state index contributed by atoms with van der Waals surface area (Å²) in [4.78, 5) is 0. The highest BCUT2D eigenvalue weighted by Crippen LogP contribution is 2.33. The number of aliphatic hydroxyl groups is 1. The summed E-state index contributed by atoms with van der Waals surface area (Å²) in [5, 5.41) is 11.2. The van der Waals surface area contributed by atoms with E-state index in [-0.39, 0.29) is 6.54 Å². The molecule has 0 amide bonds. The van der Waals surface area contributed by atoms with Crippen LogP contribution in [0.5, 0.6) is 0 Å². The maximum atomic E-state index is 11.8. The molecule has 2 atom stereocenters. The molecular formula is C13H19Cl2NO3S. The molecule has 0 aliphatic rings. The third-order valence-electron chi connectivity index (χ3n) is 3.67. The van der Waals surface area contributed by atoms with E-state index in [9.17, 15) is 13.5 Å². The van der Waals surface area contributed by atoms with Crippen molar-refractivity contribution in [2.45, 2.75) is 30.6 Å². The summed E-state index contributed by atoms with van der Waals surface area (Å²) in [5.74, 6) is -0.547. The van der Waals surface area contributed by atoms with Gasteiger partial charge in [0.2, 0.25) is 0 Å². The van der Waals surface area contributed by atoms with Crippen LogP contribution in [-0.2, 0) is 9.84 Å².